The van der Waals surface area contributed by atoms with E-state index in [0.29, 0.717) is 22.1 Å². The lowest BCUT2D eigenvalue weighted by atomic mass is 10.1. The summed E-state index contributed by atoms with van der Waals surface area (Å²) in [6, 6.07) is 13.7. The molecule has 0 amide bonds. The van der Waals surface area contributed by atoms with Crippen LogP contribution < -0.4 is 9.47 Å². The molecule has 130 valence electrons. The fraction of sp³-hybridized carbons (Fsp3) is 0.100. The van der Waals surface area contributed by atoms with E-state index in [4.69, 9.17) is 9.47 Å². The average molecular weight is 366 g/mol. The zero-order chi connectivity index (χ0) is 18.5. The zero-order valence-corrected chi connectivity index (χ0v) is 15.0. The summed E-state index contributed by atoms with van der Waals surface area (Å²) in [7, 11) is 3.16. The molecule has 0 spiro atoms. The van der Waals surface area contributed by atoms with Gasteiger partial charge in [-0.2, -0.15) is 5.26 Å². The number of hydrogen-bond acceptors (Lipinski definition) is 5. The van der Waals surface area contributed by atoms with E-state index < -0.39 is 0 Å². The number of ether oxygens (including phenoxy) is 2. The quantitative estimate of drug-likeness (QED) is 0.594. The predicted octanol–water partition coefficient (Wildman–Crippen LogP) is 5.03. The first kappa shape index (κ1) is 17.6. The molecule has 0 unspecified atom stereocenters. The summed E-state index contributed by atoms with van der Waals surface area (Å²) in [5.74, 6) is 0.938. The van der Waals surface area contributed by atoms with E-state index in [9.17, 15) is 9.65 Å². The first-order valence-electron chi connectivity index (χ1n) is 7.70. The zero-order valence-electron chi connectivity index (χ0n) is 14.2. The third-order valence-corrected chi connectivity index (χ3v) is 4.59. The van der Waals surface area contributed by atoms with Gasteiger partial charge < -0.3 is 9.47 Å². The Morgan fingerprint density at radius 3 is 2.50 bits per heavy atom. The van der Waals surface area contributed by atoms with Crippen LogP contribution in [0, 0.1) is 17.1 Å². The van der Waals surface area contributed by atoms with Crippen LogP contribution in [0.15, 0.2) is 47.8 Å². The van der Waals surface area contributed by atoms with Crippen LogP contribution in [0.2, 0.25) is 0 Å². The molecule has 4 nitrogen and oxygen atoms in total. The maximum atomic E-state index is 13.0. The summed E-state index contributed by atoms with van der Waals surface area (Å²) in [6.45, 7) is 0. The first-order chi connectivity index (χ1) is 12.6. The predicted molar refractivity (Wildman–Crippen MR) is 101 cm³/mol. The van der Waals surface area contributed by atoms with Crippen molar-refractivity contribution in [2.24, 2.45) is 0 Å². The maximum Gasteiger partial charge on any atom is 0.161 e. The topological polar surface area (TPSA) is 55.1 Å². The third kappa shape index (κ3) is 3.73. The number of aromatic nitrogens is 1. The largest absolute Gasteiger partial charge is 0.493 e. The minimum Gasteiger partial charge on any atom is -0.493 e. The van der Waals surface area contributed by atoms with Gasteiger partial charge in [0.2, 0.25) is 0 Å². The second-order valence-corrected chi connectivity index (χ2v) is 6.19. The maximum absolute atomic E-state index is 13.0. The number of thiazole rings is 1. The van der Waals surface area contributed by atoms with Gasteiger partial charge in [-0.05, 0) is 42.0 Å². The molecule has 2 aromatic carbocycles. The molecule has 1 heterocycles. The number of methoxy groups -OCH3 is 2. The van der Waals surface area contributed by atoms with E-state index in [1.807, 2.05) is 23.6 Å². The van der Waals surface area contributed by atoms with Crippen LogP contribution in [0.3, 0.4) is 0 Å². The third-order valence-electron chi connectivity index (χ3n) is 3.72. The van der Waals surface area contributed by atoms with Gasteiger partial charge in [0.1, 0.15) is 16.9 Å². The van der Waals surface area contributed by atoms with Gasteiger partial charge >= 0.3 is 0 Å². The van der Waals surface area contributed by atoms with Crippen LogP contribution >= 0.6 is 11.3 Å². The number of halogens is 1. The number of allylic oxidation sites excluding steroid dienone is 1. The summed E-state index contributed by atoms with van der Waals surface area (Å²) in [4.78, 5) is 4.55. The van der Waals surface area contributed by atoms with E-state index in [-0.39, 0.29) is 5.82 Å². The van der Waals surface area contributed by atoms with Crippen molar-refractivity contribution in [3.63, 3.8) is 0 Å². The van der Waals surface area contributed by atoms with E-state index in [1.165, 1.54) is 23.5 Å². The molecule has 0 aliphatic carbocycles. The van der Waals surface area contributed by atoms with Gasteiger partial charge in [-0.3, -0.25) is 0 Å². The van der Waals surface area contributed by atoms with Crippen LogP contribution in [0.1, 0.15) is 10.6 Å². The highest BCUT2D eigenvalue weighted by molar-refractivity contribution is 7.11. The Bertz CT molecular complexity index is 988. The van der Waals surface area contributed by atoms with Crippen LogP contribution in [-0.4, -0.2) is 19.2 Å². The van der Waals surface area contributed by atoms with Gasteiger partial charge in [0.25, 0.3) is 0 Å². The summed E-state index contributed by atoms with van der Waals surface area (Å²) >= 11 is 1.37. The number of nitrogens with zero attached hydrogens (tertiary/aromatic N) is 2. The number of nitriles is 1. The van der Waals surface area contributed by atoms with Gasteiger partial charge in [0, 0.05) is 10.9 Å². The minimum absolute atomic E-state index is 0.314. The minimum atomic E-state index is -0.314. The van der Waals surface area contributed by atoms with Crippen LogP contribution in [0.25, 0.3) is 22.9 Å². The van der Waals surface area contributed by atoms with Gasteiger partial charge in [0.05, 0.1) is 25.5 Å². The molecule has 26 heavy (non-hydrogen) atoms. The number of benzene rings is 2. The summed E-state index contributed by atoms with van der Waals surface area (Å²) < 4.78 is 23.6. The van der Waals surface area contributed by atoms with Crippen molar-refractivity contribution in [3.05, 3.63) is 64.2 Å². The molecule has 0 aliphatic heterocycles. The van der Waals surface area contributed by atoms with Crippen molar-refractivity contribution in [1.82, 2.24) is 4.98 Å². The Morgan fingerprint density at radius 2 is 1.85 bits per heavy atom. The highest BCUT2D eigenvalue weighted by Crippen LogP contribution is 2.33. The van der Waals surface area contributed by atoms with Crippen molar-refractivity contribution in [2.75, 3.05) is 14.2 Å². The van der Waals surface area contributed by atoms with Crippen LogP contribution in [0.5, 0.6) is 11.5 Å². The van der Waals surface area contributed by atoms with Gasteiger partial charge in [-0.25, -0.2) is 9.37 Å². The molecule has 0 bridgehead atoms. The first-order valence-corrected chi connectivity index (χ1v) is 8.58. The van der Waals surface area contributed by atoms with E-state index in [1.54, 1.807) is 32.4 Å². The number of rotatable bonds is 5. The smallest absolute Gasteiger partial charge is 0.161 e. The SMILES string of the molecule is COc1ccc(-c2csc(C(C#N)=Cc3ccc(F)cc3)n2)cc1OC. The molecular formula is C20H15FN2O2S. The molecule has 0 fully saturated rings. The molecule has 0 N–H and O–H groups in total. The summed E-state index contributed by atoms with van der Waals surface area (Å²) in [5.41, 5.74) is 2.77. The second kappa shape index (κ2) is 7.81. The van der Waals surface area contributed by atoms with Crippen molar-refractivity contribution in [2.45, 2.75) is 0 Å². The standard InChI is InChI=1S/C20H15FN2O2S/c1-24-18-8-5-14(10-19(18)25-2)17-12-26-20(23-17)15(11-22)9-13-3-6-16(21)7-4-13/h3-10,12H,1-2H3. The van der Waals surface area contributed by atoms with Gasteiger partial charge in [0.15, 0.2) is 11.5 Å². The normalized spacial score (nSPS) is 11.1. The van der Waals surface area contributed by atoms with E-state index in [2.05, 4.69) is 11.1 Å². The van der Waals surface area contributed by atoms with Crippen molar-refractivity contribution in [3.8, 4) is 28.8 Å². The Morgan fingerprint density at radius 1 is 1.12 bits per heavy atom. The van der Waals surface area contributed by atoms with Crippen molar-refractivity contribution in [1.29, 1.82) is 5.26 Å². The lowest BCUT2D eigenvalue weighted by molar-refractivity contribution is 0.355. The monoisotopic (exact) mass is 366 g/mol. The molecule has 0 saturated carbocycles. The second-order valence-electron chi connectivity index (χ2n) is 5.33. The number of hydrogen-bond donors (Lipinski definition) is 0. The van der Waals surface area contributed by atoms with E-state index >= 15 is 0 Å². The average Bonchev–Trinajstić information content (AvgIpc) is 3.17. The molecule has 6 heteroatoms. The highest BCUT2D eigenvalue weighted by atomic mass is 32.1. The Balaban J connectivity index is 1.93. The molecule has 0 radical (unpaired) electrons. The molecule has 0 aliphatic rings. The molecule has 1 aromatic heterocycles. The molecule has 0 saturated heterocycles. The molecule has 3 aromatic rings. The fourth-order valence-corrected chi connectivity index (χ4v) is 3.19. The summed E-state index contributed by atoms with van der Waals surface area (Å²) in [5, 5.41) is 11.9. The van der Waals surface area contributed by atoms with Crippen LogP contribution in [-0.2, 0) is 0 Å². The molecule has 0 atom stereocenters. The van der Waals surface area contributed by atoms with Crippen LogP contribution in [0.4, 0.5) is 4.39 Å². The fourth-order valence-electron chi connectivity index (χ4n) is 2.39. The Labute approximate surface area is 154 Å². The highest BCUT2D eigenvalue weighted by Gasteiger charge is 2.12. The van der Waals surface area contributed by atoms with Gasteiger partial charge in [-0.1, -0.05) is 12.1 Å². The molecule has 3 rings (SSSR count). The van der Waals surface area contributed by atoms with Gasteiger partial charge in [-0.15, -0.1) is 11.3 Å². The lowest BCUT2D eigenvalue weighted by Crippen LogP contribution is -1.91. The van der Waals surface area contributed by atoms with E-state index in [0.717, 1.165) is 16.8 Å². The molecular weight excluding hydrogens is 351 g/mol. The summed E-state index contributed by atoms with van der Waals surface area (Å²) in [6.07, 6.45) is 1.69. The van der Waals surface area contributed by atoms with Crippen molar-refractivity contribution >= 4 is 23.0 Å². The van der Waals surface area contributed by atoms with Crippen molar-refractivity contribution < 1.29 is 13.9 Å². The lowest BCUT2D eigenvalue weighted by Gasteiger charge is -2.08. The Kier molecular flexibility index (Phi) is 5.30. The Hall–Kier alpha value is -3.17.